The van der Waals surface area contributed by atoms with E-state index in [9.17, 15) is 9.90 Å². The third kappa shape index (κ3) is 2.27. The number of nitrogens with zero attached hydrogens (tertiary/aromatic N) is 2. The van der Waals surface area contributed by atoms with Gasteiger partial charge in [-0.25, -0.2) is 4.98 Å². The van der Waals surface area contributed by atoms with E-state index in [1.165, 1.54) is 0 Å². The third-order valence-corrected chi connectivity index (χ3v) is 3.99. The SMILES string of the molecule is CCC1(C(=O)O)CCN(Cc2nc(C)c(C)o2)C1. The van der Waals surface area contributed by atoms with Crippen LogP contribution in [-0.4, -0.2) is 34.0 Å². The van der Waals surface area contributed by atoms with E-state index in [-0.39, 0.29) is 0 Å². The van der Waals surface area contributed by atoms with Crippen molar-refractivity contribution in [3.05, 3.63) is 17.3 Å². The molecule has 100 valence electrons. The maximum atomic E-state index is 11.3. The fraction of sp³-hybridized carbons (Fsp3) is 0.692. The van der Waals surface area contributed by atoms with Crippen molar-refractivity contribution in [3.8, 4) is 0 Å². The standard InChI is InChI=1S/C13H20N2O3/c1-4-13(12(16)17)5-6-15(8-13)7-11-14-9(2)10(3)18-11/h4-8H2,1-3H3,(H,16,17). The molecule has 1 aromatic rings. The molecule has 1 unspecified atom stereocenters. The van der Waals surface area contributed by atoms with Gasteiger partial charge in [0.05, 0.1) is 17.7 Å². The summed E-state index contributed by atoms with van der Waals surface area (Å²) in [5, 5.41) is 9.33. The molecule has 2 rings (SSSR count). The Morgan fingerprint density at radius 2 is 2.28 bits per heavy atom. The Morgan fingerprint density at radius 3 is 2.72 bits per heavy atom. The van der Waals surface area contributed by atoms with Crippen molar-refractivity contribution < 1.29 is 14.3 Å². The molecule has 1 N–H and O–H groups in total. The molecule has 5 heteroatoms. The molecular formula is C13H20N2O3. The summed E-state index contributed by atoms with van der Waals surface area (Å²) in [5.74, 6) is 0.832. The van der Waals surface area contributed by atoms with Crippen LogP contribution in [0.15, 0.2) is 4.42 Å². The lowest BCUT2D eigenvalue weighted by molar-refractivity contribution is -0.148. The highest BCUT2D eigenvalue weighted by molar-refractivity contribution is 5.75. The lowest BCUT2D eigenvalue weighted by atomic mass is 9.84. The lowest BCUT2D eigenvalue weighted by Gasteiger charge is -2.22. The average Bonchev–Trinajstić information content (AvgIpc) is 2.85. The predicted octanol–water partition coefficient (Wildman–Crippen LogP) is 1.98. The van der Waals surface area contributed by atoms with Gasteiger partial charge in [0.15, 0.2) is 0 Å². The summed E-state index contributed by atoms with van der Waals surface area (Å²) in [6.07, 6.45) is 1.37. The number of carboxylic acid groups (broad SMARTS) is 1. The van der Waals surface area contributed by atoms with Gasteiger partial charge in [-0.1, -0.05) is 6.92 Å². The molecule has 0 radical (unpaired) electrons. The predicted molar refractivity (Wildman–Crippen MR) is 66.2 cm³/mol. The number of likely N-dealkylation sites (tertiary alicyclic amines) is 1. The second kappa shape index (κ2) is 4.72. The minimum absolute atomic E-state index is 0.583. The van der Waals surface area contributed by atoms with Crippen molar-refractivity contribution in [3.63, 3.8) is 0 Å². The van der Waals surface area contributed by atoms with Gasteiger partial charge in [-0.05, 0) is 33.2 Å². The van der Waals surface area contributed by atoms with Gasteiger partial charge < -0.3 is 9.52 Å². The maximum Gasteiger partial charge on any atom is 0.310 e. The number of oxazole rings is 1. The Labute approximate surface area is 107 Å². The molecule has 0 aromatic carbocycles. The van der Waals surface area contributed by atoms with Crippen LogP contribution in [0.2, 0.25) is 0 Å². The second-order valence-electron chi connectivity index (χ2n) is 5.15. The van der Waals surface area contributed by atoms with Crippen molar-refractivity contribution in [2.24, 2.45) is 5.41 Å². The Hall–Kier alpha value is -1.36. The normalized spacial score (nSPS) is 24.6. The van der Waals surface area contributed by atoms with E-state index in [1.54, 1.807) is 0 Å². The molecule has 1 aliphatic rings. The van der Waals surface area contributed by atoms with Gasteiger partial charge in [0, 0.05) is 6.54 Å². The zero-order chi connectivity index (χ0) is 13.3. The smallest absolute Gasteiger partial charge is 0.310 e. The monoisotopic (exact) mass is 252 g/mol. The zero-order valence-electron chi connectivity index (χ0n) is 11.2. The van der Waals surface area contributed by atoms with Gasteiger partial charge in [0.25, 0.3) is 0 Å². The summed E-state index contributed by atoms with van der Waals surface area (Å²) in [5.41, 5.74) is 0.320. The first-order chi connectivity index (χ1) is 8.47. The molecule has 2 heterocycles. The molecule has 0 amide bonds. The summed E-state index contributed by atoms with van der Waals surface area (Å²) in [7, 11) is 0. The van der Waals surface area contributed by atoms with E-state index >= 15 is 0 Å². The second-order valence-corrected chi connectivity index (χ2v) is 5.15. The van der Waals surface area contributed by atoms with Gasteiger partial charge in [0.2, 0.25) is 5.89 Å². The number of aliphatic carboxylic acids is 1. The van der Waals surface area contributed by atoms with E-state index in [1.807, 2.05) is 20.8 Å². The van der Waals surface area contributed by atoms with Crippen LogP contribution in [0.1, 0.15) is 37.1 Å². The maximum absolute atomic E-state index is 11.3. The van der Waals surface area contributed by atoms with E-state index in [0.717, 1.165) is 18.0 Å². The van der Waals surface area contributed by atoms with Crippen LogP contribution in [0.4, 0.5) is 0 Å². The molecule has 1 aromatic heterocycles. The van der Waals surface area contributed by atoms with E-state index < -0.39 is 11.4 Å². The fourth-order valence-corrected chi connectivity index (χ4v) is 2.51. The first kappa shape index (κ1) is 13.1. The summed E-state index contributed by atoms with van der Waals surface area (Å²) >= 11 is 0. The van der Waals surface area contributed by atoms with Crippen LogP contribution in [-0.2, 0) is 11.3 Å². The molecule has 1 atom stereocenters. The van der Waals surface area contributed by atoms with Crippen molar-refractivity contribution in [2.45, 2.75) is 40.2 Å². The average molecular weight is 252 g/mol. The van der Waals surface area contributed by atoms with Crippen molar-refractivity contribution in [1.29, 1.82) is 0 Å². The Kier molecular flexibility index (Phi) is 3.43. The first-order valence-electron chi connectivity index (χ1n) is 6.35. The molecule has 0 bridgehead atoms. The van der Waals surface area contributed by atoms with Crippen LogP contribution >= 0.6 is 0 Å². The Balaban J connectivity index is 2.03. The molecule has 18 heavy (non-hydrogen) atoms. The van der Waals surface area contributed by atoms with Gasteiger partial charge in [0.1, 0.15) is 5.76 Å². The van der Waals surface area contributed by atoms with E-state index in [2.05, 4.69) is 9.88 Å². The number of aryl methyl sites for hydroxylation is 2. The molecule has 5 nitrogen and oxygen atoms in total. The van der Waals surface area contributed by atoms with E-state index in [0.29, 0.717) is 31.8 Å². The highest BCUT2D eigenvalue weighted by Gasteiger charge is 2.43. The number of aromatic nitrogens is 1. The third-order valence-electron chi connectivity index (χ3n) is 3.99. The molecular weight excluding hydrogens is 232 g/mol. The van der Waals surface area contributed by atoms with Crippen molar-refractivity contribution in [1.82, 2.24) is 9.88 Å². The fourth-order valence-electron chi connectivity index (χ4n) is 2.51. The van der Waals surface area contributed by atoms with Gasteiger partial charge in [-0.3, -0.25) is 9.69 Å². The molecule has 1 saturated heterocycles. The first-order valence-corrected chi connectivity index (χ1v) is 6.35. The largest absolute Gasteiger partial charge is 0.481 e. The minimum Gasteiger partial charge on any atom is -0.481 e. The molecule has 1 fully saturated rings. The molecule has 0 saturated carbocycles. The molecule has 0 aliphatic carbocycles. The topological polar surface area (TPSA) is 66.6 Å². The van der Waals surface area contributed by atoms with Gasteiger partial charge >= 0.3 is 5.97 Å². The highest BCUT2D eigenvalue weighted by atomic mass is 16.4. The van der Waals surface area contributed by atoms with E-state index in [4.69, 9.17) is 4.42 Å². The van der Waals surface area contributed by atoms with Gasteiger partial charge in [-0.15, -0.1) is 0 Å². The number of rotatable bonds is 4. The van der Waals surface area contributed by atoms with Crippen molar-refractivity contribution >= 4 is 5.97 Å². The summed E-state index contributed by atoms with van der Waals surface area (Å²) in [6.45, 7) is 7.73. The van der Waals surface area contributed by atoms with Crippen molar-refractivity contribution in [2.75, 3.05) is 13.1 Å². The lowest BCUT2D eigenvalue weighted by Crippen LogP contribution is -2.33. The Bertz CT molecular complexity index is 436. The zero-order valence-corrected chi connectivity index (χ0v) is 11.2. The highest BCUT2D eigenvalue weighted by Crippen LogP contribution is 2.34. The Morgan fingerprint density at radius 1 is 1.56 bits per heavy atom. The summed E-state index contributed by atoms with van der Waals surface area (Å²) in [4.78, 5) is 17.8. The molecule has 1 aliphatic heterocycles. The van der Waals surface area contributed by atoms with Crippen LogP contribution in [0, 0.1) is 19.3 Å². The minimum atomic E-state index is -0.688. The van der Waals surface area contributed by atoms with Gasteiger partial charge in [-0.2, -0.15) is 0 Å². The number of hydrogen-bond acceptors (Lipinski definition) is 4. The number of hydrogen-bond donors (Lipinski definition) is 1. The summed E-state index contributed by atoms with van der Waals surface area (Å²) in [6, 6.07) is 0. The number of carbonyl (C=O) groups is 1. The summed E-state index contributed by atoms with van der Waals surface area (Å²) < 4.78 is 5.54. The molecule has 0 spiro atoms. The number of carboxylic acids is 1. The van der Waals surface area contributed by atoms with Crippen LogP contribution in [0.3, 0.4) is 0 Å². The van der Waals surface area contributed by atoms with Crippen LogP contribution in [0.5, 0.6) is 0 Å². The quantitative estimate of drug-likeness (QED) is 0.887. The van der Waals surface area contributed by atoms with Crippen LogP contribution in [0.25, 0.3) is 0 Å². The van der Waals surface area contributed by atoms with Crippen LogP contribution < -0.4 is 0 Å².